The van der Waals surface area contributed by atoms with E-state index in [0.717, 1.165) is 25.3 Å². The number of rotatable bonds is 7. The van der Waals surface area contributed by atoms with Crippen LogP contribution in [0.2, 0.25) is 0 Å². The molecule has 0 saturated carbocycles. The molecule has 1 amide bonds. The van der Waals surface area contributed by atoms with E-state index in [4.69, 9.17) is 5.73 Å². The fourth-order valence-electron chi connectivity index (χ4n) is 1.87. The van der Waals surface area contributed by atoms with Crippen LogP contribution in [0.1, 0.15) is 32.8 Å². The number of carbonyl (C=O) groups is 1. The summed E-state index contributed by atoms with van der Waals surface area (Å²) >= 11 is 0. The summed E-state index contributed by atoms with van der Waals surface area (Å²) in [5, 5.41) is 2.86. The zero-order chi connectivity index (χ0) is 14.3. The first-order valence-corrected chi connectivity index (χ1v) is 6.98. The third-order valence-corrected chi connectivity index (χ3v) is 3.27. The number of nitrogens with one attached hydrogen (secondary N) is 1. The van der Waals surface area contributed by atoms with E-state index in [-0.39, 0.29) is 5.91 Å². The number of anilines is 1. The molecule has 0 radical (unpaired) electrons. The topological polar surface area (TPSA) is 58.4 Å². The van der Waals surface area contributed by atoms with Gasteiger partial charge >= 0.3 is 0 Å². The number of amides is 1. The fraction of sp³-hybridized carbons (Fsp3) is 0.533. The van der Waals surface area contributed by atoms with Crippen molar-refractivity contribution in [1.82, 2.24) is 4.90 Å². The van der Waals surface area contributed by atoms with Crippen molar-refractivity contribution in [3.05, 3.63) is 29.8 Å². The minimum Gasteiger partial charge on any atom is -0.325 e. The third-order valence-electron chi connectivity index (χ3n) is 3.27. The maximum absolute atomic E-state index is 11.7. The normalized spacial score (nSPS) is 12.5. The molecule has 1 aromatic rings. The Morgan fingerprint density at radius 2 is 2.00 bits per heavy atom. The number of benzene rings is 1. The van der Waals surface area contributed by atoms with E-state index in [0.29, 0.717) is 6.42 Å². The van der Waals surface area contributed by atoms with Crippen LogP contribution in [0.15, 0.2) is 24.3 Å². The van der Waals surface area contributed by atoms with E-state index in [1.807, 2.05) is 25.1 Å². The average molecular weight is 263 g/mol. The van der Waals surface area contributed by atoms with Gasteiger partial charge in [0.1, 0.15) is 0 Å². The van der Waals surface area contributed by atoms with Crippen molar-refractivity contribution in [2.45, 2.75) is 39.8 Å². The predicted octanol–water partition coefficient (Wildman–Crippen LogP) is 2.20. The van der Waals surface area contributed by atoms with Crippen molar-refractivity contribution in [3.8, 4) is 0 Å². The highest BCUT2D eigenvalue weighted by Crippen LogP contribution is 2.13. The summed E-state index contributed by atoms with van der Waals surface area (Å²) in [7, 11) is 0. The monoisotopic (exact) mass is 263 g/mol. The number of nitrogens with two attached hydrogens (primary N) is 1. The molecule has 4 nitrogen and oxygen atoms in total. The van der Waals surface area contributed by atoms with E-state index in [2.05, 4.69) is 30.1 Å². The Balaban J connectivity index is 2.69. The lowest BCUT2D eigenvalue weighted by molar-refractivity contribution is -0.117. The first-order valence-electron chi connectivity index (χ1n) is 6.98. The van der Waals surface area contributed by atoms with Gasteiger partial charge in [-0.15, -0.1) is 0 Å². The van der Waals surface area contributed by atoms with Gasteiger partial charge in [-0.1, -0.05) is 32.9 Å². The summed E-state index contributed by atoms with van der Waals surface area (Å²) in [5.74, 6) is -0.123. The molecular weight excluding hydrogens is 238 g/mol. The summed E-state index contributed by atoms with van der Waals surface area (Å²) in [4.78, 5) is 14.1. The highest BCUT2D eigenvalue weighted by Gasteiger charge is 2.11. The Labute approximate surface area is 116 Å². The standard InChI is InChI=1S/C15H25N3O/c1-4-14(16)15(19)17-13-9-7-8-12(10-13)11-18(5-2)6-3/h7-10,14H,4-6,11,16H2,1-3H3,(H,17,19)/t14-/m1/s1. The highest BCUT2D eigenvalue weighted by atomic mass is 16.2. The van der Waals surface area contributed by atoms with Gasteiger partial charge in [0.25, 0.3) is 0 Å². The van der Waals surface area contributed by atoms with Crippen LogP contribution < -0.4 is 11.1 Å². The van der Waals surface area contributed by atoms with Crippen LogP contribution in [-0.2, 0) is 11.3 Å². The van der Waals surface area contributed by atoms with E-state index in [1.165, 1.54) is 5.56 Å². The Morgan fingerprint density at radius 3 is 2.58 bits per heavy atom. The Morgan fingerprint density at radius 1 is 1.32 bits per heavy atom. The summed E-state index contributed by atoms with van der Waals surface area (Å²) < 4.78 is 0. The Hall–Kier alpha value is -1.39. The van der Waals surface area contributed by atoms with Gasteiger partial charge in [-0.25, -0.2) is 0 Å². The lowest BCUT2D eigenvalue weighted by atomic mass is 10.1. The summed E-state index contributed by atoms with van der Waals surface area (Å²) in [5.41, 5.74) is 7.72. The van der Waals surface area contributed by atoms with Crippen molar-refractivity contribution in [2.75, 3.05) is 18.4 Å². The first-order chi connectivity index (χ1) is 9.10. The highest BCUT2D eigenvalue weighted by molar-refractivity contribution is 5.94. The minimum atomic E-state index is -0.438. The van der Waals surface area contributed by atoms with Gasteiger partial charge in [0.05, 0.1) is 6.04 Å². The molecule has 0 aromatic heterocycles. The minimum absolute atomic E-state index is 0.123. The molecule has 0 unspecified atom stereocenters. The van der Waals surface area contributed by atoms with Crippen molar-refractivity contribution in [3.63, 3.8) is 0 Å². The van der Waals surface area contributed by atoms with Crippen molar-refractivity contribution < 1.29 is 4.79 Å². The second-order valence-corrected chi connectivity index (χ2v) is 4.67. The largest absolute Gasteiger partial charge is 0.325 e. The second kappa shape index (κ2) is 7.92. The van der Waals surface area contributed by atoms with Gasteiger partial charge in [-0.2, -0.15) is 0 Å². The quantitative estimate of drug-likeness (QED) is 0.793. The number of hydrogen-bond acceptors (Lipinski definition) is 3. The molecule has 106 valence electrons. The second-order valence-electron chi connectivity index (χ2n) is 4.67. The summed E-state index contributed by atoms with van der Waals surface area (Å²) in [6, 6.07) is 7.51. The van der Waals surface area contributed by atoms with Crippen molar-refractivity contribution in [2.24, 2.45) is 5.73 Å². The molecule has 0 spiro atoms. The van der Waals surface area contributed by atoms with Crippen LogP contribution >= 0.6 is 0 Å². The molecule has 0 bridgehead atoms. The molecule has 1 aromatic carbocycles. The predicted molar refractivity (Wildman–Crippen MR) is 80.0 cm³/mol. The fourth-order valence-corrected chi connectivity index (χ4v) is 1.87. The lowest BCUT2D eigenvalue weighted by Crippen LogP contribution is -2.34. The molecule has 19 heavy (non-hydrogen) atoms. The SMILES string of the molecule is CC[C@@H](N)C(=O)Nc1cccc(CN(CC)CC)c1. The molecule has 0 aliphatic heterocycles. The van der Waals surface area contributed by atoms with Crippen molar-refractivity contribution >= 4 is 11.6 Å². The molecule has 0 aliphatic rings. The third kappa shape index (κ3) is 5.01. The van der Waals surface area contributed by atoms with E-state index in [9.17, 15) is 4.79 Å². The summed E-state index contributed by atoms with van der Waals surface area (Å²) in [6.07, 6.45) is 0.644. The first kappa shape index (κ1) is 15.7. The number of nitrogens with zero attached hydrogens (tertiary/aromatic N) is 1. The van der Waals surface area contributed by atoms with E-state index in [1.54, 1.807) is 0 Å². The molecular formula is C15H25N3O. The lowest BCUT2D eigenvalue weighted by Gasteiger charge is -2.18. The Kier molecular flexibility index (Phi) is 6.53. The number of hydrogen-bond donors (Lipinski definition) is 2. The van der Waals surface area contributed by atoms with Gasteiger partial charge < -0.3 is 11.1 Å². The smallest absolute Gasteiger partial charge is 0.241 e. The molecule has 4 heteroatoms. The molecule has 0 fully saturated rings. The van der Waals surface area contributed by atoms with Gasteiger partial charge in [-0.3, -0.25) is 9.69 Å². The van der Waals surface area contributed by atoms with Crippen LogP contribution in [0, 0.1) is 0 Å². The average Bonchev–Trinajstić information content (AvgIpc) is 2.44. The van der Waals surface area contributed by atoms with Crippen molar-refractivity contribution in [1.29, 1.82) is 0 Å². The molecule has 1 atom stereocenters. The zero-order valence-corrected chi connectivity index (χ0v) is 12.1. The Bertz CT molecular complexity index is 402. The van der Waals surface area contributed by atoms with Crippen LogP contribution in [0.5, 0.6) is 0 Å². The van der Waals surface area contributed by atoms with E-state index >= 15 is 0 Å². The van der Waals surface area contributed by atoms with E-state index < -0.39 is 6.04 Å². The van der Waals surface area contributed by atoms with Crippen LogP contribution in [0.25, 0.3) is 0 Å². The number of carbonyl (C=O) groups excluding carboxylic acids is 1. The maximum atomic E-state index is 11.7. The molecule has 1 rings (SSSR count). The molecule has 0 heterocycles. The van der Waals surface area contributed by atoms with Crippen LogP contribution in [-0.4, -0.2) is 29.9 Å². The maximum Gasteiger partial charge on any atom is 0.241 e. The molecule has 0 saturated heterocycles. The van der Waals surface area contributed by atoms with Crippen LogP contribution in [0.3, 0.4) is 0 Å². The summed E-state index contributed by atoms with van der Waals surface area (Å²) in [6.45, 7) is 9.14. The van der Waals surface area contributed by atoms with Gasteiger partial charge in [-0.05, 0) is 37.2 Å². The van der Waals surface area contributed by atoms with Gasteiger partial charge in [0.15, 0.2) is 0 Å². The molecule has 3 N–H and O–H groups in total. The molecule has 0 aliphatic carbocycles. The van der Waals surface area contributed by atoms with Crippen LogP contribution in [0.4, 0.5) is 5.69 Å². The van der Waals surface area contributed by atoms with Gasteiger partial charge in [0, 0.05) is 12.2 Å². The van der Waals surface area contributed by atoms with Gasteiger partial charge in [0.2, 0.25) is 5.91 Å². The zero-order valence-electron chi connectivity index (χ0n) is 12.1.